The fourth-order valence-electron chi connectivity index (χ4n) is 3.09. The average molecular weight is 306 g/mol. The Morgan fingerprint density at radius 1 is 1.24 bits per heavy atom. The Morgan fingerprint density at radius 2 is 1.86 bits per heavy atom. The van der Waals surface area contributed by atoms with Crippen LogP contribution in [0.3, 0.4) is 0 Å². The van der Waals surface area contributed by atoms with Gasteiger partial charge in [0.15, 0.2) is 0 Å². The van der Waals surface area contributed by atoms with Gasteiger partial charge in [-0.05, 0) is 44.4 Å². The second-order valence-electron chi connectivity index (χ2n) is 6.00. The van der Waals surface area contributed by atoms with E-state index in [1.165, 1.54) is 19.3 Å². The molecule has 3 nitrogen and oxygen atoms in total. The average Bonchev–Trinajstić information content (AvgIpc) is 2.43. The van der Waals surface area contributed by atoms with Crippen molar-refractivity contribution < 1.29 is 4.74 Å². The van der Waals surface area contributed by atoms with Crippen molar-refractivity contribution >= 4 is 17.2 Å². The summed E-state index contributed by atoms with van der Waals surface area (Å²) in [7, 11) is 0. The summed E-state index contributed by atoms with van der Waals surface area (Å²) >= 11 is 4.92. The molecular weight excluding hydrogens is 280 g/mol. The van der Waals surface area contributed by atoms with E-state index in [1.54, 1.807) is 0 Å². The maximum absolute atomic E-state index is 5.86. The zero-order valence-corrected chi connectivity index (χ0v) is 13.9. The van der Waals surface area contributed by atoms with Gasteiger partial charge < -0.3 is 10.5 Å². The SMILES string of the molecule is C[C@@H]1CCC[C@H](C)N1CCOc1ccc(CC(N)=S)cc1. The van der Waals surface area contributed by atoms with Crippen LogP contribution < -0.4 is 10.5 Å². The van der Waals surface area contributed by atoms with Gasteiger partial charge >= 0.3 is 0 Å². The van der Waals surface area contributed by atoms with E-state index in [2.05, 4.69) is 18.7 Å². The zero-order chi connectivity index (χ0) is 15.2. The number of thiocarbonyl (C=S) groups is 1. The molecule has 2 atom stereocenters. The van der Waals surface area contributed by atoms with Crippen LogP contribution in [0.2, 0.25) is 0 Å². The summed E-state index contributed by atoms with van der Waals surface area (Å²) in [5, 5.41) is 0. The highest BCUT2D eigenvalue weighted by atomic mass is 32.1. The fraction of sp³-hybridized carbons (Fsp3) is 0.588. The van der Waals surface area contributed by atoms with Crippen LogP contribution in [0.5, 0.6) is 5.75 Å². The highest BCUT2D eigenvalue weighted by Crippen LogP contribution is 2.22. The van der Waals surface area contributed by atoms with Crippen molar-refractivity contribution in [3.8, 4) is 5.75 Å². The van der Waals surface area contributed by atoms with Gasteiger partial charge in [0.25, 0.3) is 0 Å². The summed E-state index contributed by atoms with van der Waals surface area (Å²) < 4.78 is 5.86. The topological polar surface area (TPSA) is 38.5 Å². The lowest BCUT2D eigenvalue weighted by molar-refractivity contribution is 0.0851. The van der Waals surface area contributed by atoms with Crippen molar-refractivity contribution in [3.05, 3.63) is 29.8 Å². The van der Waals surface area contributed by atoms with Gasteiger partial charge in [-0.15, -0.1) is 0 Å². The second kappa shape index (κ2) is 7.76. The number of rotatable bonds is 6. The summed E-state index contributed by atoms with van der Waals surface area (Å²) in [5.41, 5.74) is 6.68. The molecule has 2 rings (SSSR count). The molecule has 2 N–H and O–H groups in total. The van der Waals surface area contributed by atoms with Crippen molar-refractivity contribution in [2.75, 3.05) is 13.2 Å². The lowest BCUT2D eigenvalue weighted by atomic mass is 9.98. The molecule has 1 heterocycles. The first kappa shape index (κ1) is 16.2. The minimum absolute atomic E-state index is 0.525. The third kappa shape index (κ3) is 4.97. The van der Waals surface area contributed by atoms with E-state index < -0.39 is 0 Å². The number of benzene rings is 1. The highest BCUT2D eigenvalue weighted by molar-refractivity contribution is 7.80. The zero-order valence-electron chi connectivity index (χ0n) is 13.0. The maximum atomic E-state index is 5.86. The molecule has 1 aliphatic heterocycles. The number of nitrogens with zero attached hydrogens (tertiary/aromatic N) is 1. The summed E-state index contributed by atoms with van der Waals surface area (Å²) in [6.07, 6.45) is 4.61. The van der Waals surface area contributed by atoms with E-state index in [4.69, 9.17) is 22.7 Å². The molecule has 1 saturated heterocycles. The van der Waals surface area contributed by atoms with E-state index >= 15 is 0 Å². The number of piperidine rings is 1. The summed E-state index contributed by atoms with van der Waals surface area (Å²) in [5.74, 6) is 0.916. The molecule has 0 unspecified atom stereocenters. The van der Waals surface area contributed by atoms with Crippen LogP contribution in [0.25, 0.3) is 0 Å². The van der Waals surface area contributed by atoms with Crippen LogP contribution in [0.15, 0.2) is 24.3 Å². The Balaban J connectivity index is 1.79. The third-order valence-corrected chi connectivity index (χ3v) is 4.44. The smallest absolute Gasteiger partial charge is 0.119 e. The number of ether oxygens (including phenoxy) is 1. The summed E-state index contributed by atoms with van der Waals surface area (Å²) in [4.78, 5) is 3.09. The van der Waals surface area contributed by atoms with Crippen LogP contribution in [0.1, 0.15) is 38.7 Å². The molecule has 0 saturated carbocycles. The van der Waals surface area contributed by atoms with Crippen molar-refractivity contribution in [2.24, 2.45) is 5.73 Å². The molecule has 0 aromatic heterocycles. The molecule has 21 heavy (non-hydrogen) atoms. The van der Waals surface area contributed by atoms with E-state index in [1.807, 2.05) is 24.3 Å². The number of likely N-dealkylation sites (tertiary alicyclic amines) is 1. The van der Waals surface area contributed by atoms with Gasteiger partial charge in [0.2, 0.25) is 0 Å². The third-order valence-electron chi connectivity index (χ3n) is 4.30. The van der Waals surface area contributed by atoms with Gasteiger partial charge in [0.1, 0.15) is 12.4 Å². The summed E-state index contributed by atoms with van der Waals surface area (Å²) in [6, 6.07) is 9.39. The predicted molar refractivity (Wildman–Crippen MR) is 91.9 cm³/mol. The molecular formula is C17H26N2OS. The number of nitrogens with two attached hydrogens (primary N) is 1. The summed E-state index contributed by atoms with van der Waals surface area (Å²) in [6.45, 7) is 6.38. The fourth-order valence-corrected chi connectivity index (χ4v) is 3.26. The first-order valence-corrected chi connectivity index (χ1v) is 8.23. The molecule has 1 aromatic carbocycles. The van der Waals surface area contributed by atoms with Crippen molar-refractivity contribution in [3.63, 3.8) is 0 Å². The molecule has 0 amide bonds. The van der Waals surface area contributed by atoms with Crippen LogP contribution in [0.4, 0.5) is 0 Å². The molecule has 0 bridgehead atoms. The first-order valence-electron chi connectivity index (χ1n) is 7.82. The molecule has 1 fully saturated rings. The van der Waals surface area contributed by atoms with E-state index in [-0.39, 0.29) is 0 Å². The van der Waals surface area contributed by atoms with Crippen molar-refractivity contribution in [1.82, 2.24) is 4.90 Å². The van der Waals surface area contributed by atoms with Crippen LogP contribution in [-0.2, 0) is 6.42 Å². The van der Waals surface area contributed by atoms with Gasteiger partial charge in [0.05, 0.1) is 4.99 Å². The number of hydrogen-bond donors (Lipinski definition) is 1. The monoisotopic (exact) mass is 306 g/mol. The van der Waals surface area contributed by atoms with Crippen molar-refractivity contribution in [1.29, 1.82) is 0 Å². The molecule has 0 spiro atoms. The molecule has 1 aliphatic rings. The van der Waals surface area contributed by atoms with Gasteiger partial charge in [0, 0.05) is 25.0 Å². The second-order valence-corrected chi connectivity index (χ2v) is 6.53. The Morgan fingerprint density at radius 3 is 2.43 bits per heavy atom. The maximum Gasteiger partial charge on any atom is 0.119 e. The van der Waals surface area contributed by atoms with Gasteiger partial charge in [-0.1, -0.05) is 30.8 Å². The molecule has 0 radical (unpaired) electrons. The van der Waals surface area contributed by atoms with Crippen molar-refractivity contribution in [2.45, 2.75) is 51.6 Å². The lowest BCUT2D eigenvalue weighted by Crippen LogP contribution is -2.45. The van der Waals surface area contributed by atoms with E-state index in [0.717, 1.165) is 24.5 Å². The van der Waals surface area contributed by atoms with Gasteiger partial charge in [-0.2, -0.15) is 0 Å². The minimum atomic E-state index is 0.525. The van der Waals surface area contributed by atoms with Crippen LogP contribution in [0, 0.1) is 0 Å². The first-order chi connectivity index (χ1) is 10.1. The normalized spacial score (nSPS) is 23.0. The predicted octanol–water partition coefficient (Wildman–Crippen LogP) is 3.16. The Kier molecular flexibility index (Phi) is 6.00. The molecule has 0 aliphatic carbocycles. The molecule has 4 heteroatoms. The van der Waals surface area contributed by atoms with Gasteiger partial charge in [-0.25, -0.2) is 0 Å². The Hall–Kier alpha value is -1.13. The van der Waals surface area contributed by atoms with Crippen LogP contribution in [-0.4, -0.2) is 35.1 Å². The van der Waals surface area contributed by atoms with Gasteiger partial charge in [-0.3, -0.25) is 4.90 Å². The quantitative estimate of drug-likeness (QED) is 0.819. The molecule has 116 valence electrons. The standard InChI is InChI=1S/C17H26N2OS/c1-13-4-3-5-14(2)19(13)10-11-20-16-8-6-15(7-9-16)12-17(18)21/h6-9,13-14H,3-5,10-12H2,1-2H3,(H2,18,21)/t13-,14+. The Labute approximate surface area is 133 Å². The van der Waals surface area contributed by atoms with E-state index in [9.17, 15) is 0 Å². The molecule has 1 aromatic rings. The van der Waals surface area contributed by atoms with Crippen LogP contribution >= 0.6 is 12.2 Å². The number of hydrogen-bond acceptors (Lipinski definition) is 3. The Bertz CT molecular complexity index is 450. The largest absolute Gasteiger partial charge is 0.492 e. The highest BCUT2D eigenvalue weighted by Gasteiger charge is 2.23. The lowest BCUT2D eigenvalue weighted by Gasteiger charge is -2.38. The van der Waals surface area contributed by atoms with E-state index in [0.29, 0.717) is 23.5 Å². The minimum Gasteiger partial charge on any atom is -0.492 e.